The highest BCUT2D eigenvalue weighted by Crippen LogP contribution is 2.27. The quantitative estimate of drug-likeness (QED) is 0.780. The summed E-state index contributed by atoms with van der Waals surface area (Å²) >= 11 is 2.12. The minimum Gasteiger partial charge on any atom is -0.294 e. The number of hydrogen-bond acceptors (Lipinski definition) is 3. The zero-order chi connectivity index (χ0) is 11.1. The van der Waals surface area contributed by atoms with Gasteiger partial charge in [0.05, 0.1) is 6.20 Å². The molecule has 84 valence electrons. The Balaban J connectivity index is 2.05. The van der Waals surface area contributed by atoms with Crippen molar-refractivity contribution in [2.24, 2.45) is 5.92 Å². The van der Waals surface area contributed by atoms with Crippen LogP contribution in [0.4, 0.5) is 0 Å². The maximum absolute atomic E-state index is 12.1. The van der Waals surface area contributed by atoms with Gasteiger partial charge in [-0.1, -0.05) is 6.42 Å². The van der Waals surface area contributed by atoms with Crippen molar-refractivity contribution in [2.45, 2.75) is 25.8 Å². The van der Waals surface area contributed by atoms with Crippen LogP contribution >= 0.6 is 22.6 Å². The van der Waals surface area contributed by atoms with Crippen molar-refractivity contribution in [1.82, 2.24) is 19.2 Å². The van der Waals surface area contributed by atoms with Gasteiger partial charge in [-0.3, -0.25) is 9.36 Å². The lowest BCUT2D eigenvalue weighted by Gasteiger charge is -2.25. The summed E-state index contributed by atoms with van der Waals surface area (Å²) in [4.78, 5) is 16.1. The first-order valence-electron chi connectivity index (χ1n) is 5.34. The molecule has 0 spiro atoms. The highest BCUT2D eigenvalue weighted by Gasteiger charge is 2.19. The van der Waals surface area contributed by atoms with Gasteiger partial charge in [-0.15, -0.1) is 0 Å². The predicted octanol–water partition coefficient (Wildman–Crippen LogP) is 1.30. The van der Waals surface area contributed by atoms with Gasteiger partial charge in [0.25, 0.3) is 5.56 Å². The highest BCUT2D eigenvalue weighted by atomic mass is 127. The fourth-order valence-corrected chi connectivity index (χ4v) is 2.45. The number of fused-ring (bicyclic) bond motifs is 1. The molecule has 1 aliphatic rings. The molecule has 0 radical (unpaired) electrons. The van der Waals surface area contributed by atoms with Gasteiger partial charge in [-0.2, -0.15) is 5.10 Å². The summed E-state index contributed by atoms with van der Waals surface area (Å²) < 4.78 is 4.13. The van der Waals surface area contributed by atoms with E-state index < -0.39 is 0 Å². The summed E-state index contributed by atoms with van der Waals surface area (Å²) in [5.74, 6) is 0.649. The van der Waals surface area contributed by atoms with Gasteiger partial charge >= 0.3 is 0 Å². The van der Waals surface area contributed by atoms with Gasteiger partial charge in [-0.05, 0) is 41.4 Å². The van der Waals surface area contributed by atoms with Crippen molar-refractivity contribution >= 4 is 28.2 Å². The number of aromatic nitrogens is 4. The molecule has 0 N–H and O–H groups in total. The predicted molar refractivity (Wildman–Crippen MR) is 67.3 cm³/mol. The molecule has 1 aliphatic carbocycles. The molecule has 1 saturated carbocycles. The summed E-state index contributed by atoms with van der Waals surface area (Å²) in [6.45, 7) is 0.784. The molecule has 1 fully saturated rings. The Morgan fingerprint density at radius 1 is 1.50 bits per heavy atom. The molecule has 0 amide bonds. The van der Waals surface area contributed by atoms with Gasteiger partial charge < -0.3 is 0 Å². The van der Waals surface area contributed by atoms with E-state index in [1.807, 2.05) is 0 Å². The second-order valence-electron chi connectivity index (χ2n) is 4.20. The molecule has 2 aromatic rings. The van der Waals surface area contributed by atoms with Crippen LogP contribution in [0.15, 0.2) is 17.3 Å². The van der Waals surface area contributed by atoms with Crippen LogP contribution in [-0.4, -0.2) is 19.2 Å². The molecular formula is C10H11IN4O. The second kappa shape index (κ2) is 3.83. The number of rotatable bonds is 2. The van der Waals surface area contributed by atoms with Crippen LogP contribution in [0.25, 0.3) is 5.65 Å². The monoisotopic (exact) mass is 330 g/mol. The van der Waals surface area contributed by atoms with E-state index >= 15 is 0 Å². The second-order valence-corrected chi connectivity index (χ2v) is 5.31. The third kappa shape index (κ3) is 1.55. The van der Waals surface area contributed by atoms with E-state index in [0.29, 0.717) is 11.6 Å². The molecule has 2 heterocycles. The van der Waals surface area contributed by atoms with Crippen LogP contribution in [0.5, 0.6) is 0 Å². The molecule has 3 rings (SSSR count). The average molecular weight is 330 g/mol. The first-order valence-corrected chi connectivity index (χ1v) is 6.42. The topological polar surface area (TPSA) is 52.2 Å². The third-order valence-corrected chi connectivity index (χ3v) is 3.87. The van der Waals surface area contributed by atoms with Crippen molar-refractivity contribution in [3.8, 4) is 0 Å². The molecule has 0 saturated heterocycles. The highest BCUT2D eigenvalue weighted by molar-refractivity contribution is 14.1. The number of hydrogen-bond donors (Lipinski definition) is 0. The zero-order valence-corrected chi connectivity index (χ0v) is 10.8. The van der Waals surface area contributed by atoms with Crippen LogP contribution in [0.3, 0.4) is 0 Å². The Kier molecular flexibility index (Phi) is 2.45. The molecule has 2 aromatic heterocycles. The van der Waals surface area contributed by atoms with Gasteiger partial charge in [0.1, 0.15) is 10.0 Å². The molecule has 0 bridgehead atoms. The largest absolute Gasteiger partial charge is 0.296 e. The maximum atomic E-state index is 12.1. The minimum absolute atomic E-state index is 0.0372. The lowest BCUT2D eigenvalue weighted by atomic mass is 9.85. The summed E-state index contributed by atoms with van der Waals surface area (Å²) in [7, 11) is 0. The van der Waals surface area contributed by atoms with Crippen LogP contribution in [0.1, 0.15) is 19.3 Å². The summed E-state index contributed by atoms with van der Waals surface area (Å²) in [5.41, 5.74) is 0.385. The average Bonchev–Trinajstić information content (AvgIpc) is 2.58. The minimum atomic E-state index is -0.0372. The first-order chi connectivity index (χ1) is 7.75. The third-order valence-electron chi connectivity index (χ3n) is 3.13. The number of imidazole rings is 1. The van der Waals surface area contributed by atoms with E-state index in [-0.39, 0.29) is 5.56 Å². The van der Waals surface area contributed by atoms with E-state index in [0.717, 1.165) is 10.2 Å². The van der Waals surface area contributed by atoms with E-state index in [4.69, 9.17) is 0 Å². The Morgan fingerprint density at radius 3 is 3.00 bits per heavy atom. The van der Waals surface area contributed by atoms with Crippen LogP contribution in [0.2, 0.25) is 0 Å². The Labute approximate surface area is 106 Å². The summed E-state index contributed by atoms with van der Waals surface area (Å²) in [5, 5.41) is 4.22. The van der Waals surface area contributed by atoms with Crippen molar-refractivity contribution in [1.29, 1.82) is 0 Å². The lowest BCUT2D eigenvalue weighted by Crippen LogP contribution is -2.29. The lowest BCUT2D eigenvalue weighted by molar-refractivity contribution is 0.272. The first kappa shape index (κ1) is 10.2. The molecule has 0 unspecified atom stereocenters. The normalized spacial score (nSPS) is 16.6. The molecule has 0 atom stereocenters. The van der Waals surface area contributed by atoms with Crippen LogP contribution in [-0.2, 0) is 6.54 Å². The fourth-order valence-electron chi connectivity index (χ4n) is 1.96. The van der Waals surface area contributed by atoms with Crippen LogP contribution in [0, 0.1) is 9.62 Å². The van der Waals surface area contributed by atoms with Gasteiger partial charge in [0.2, 0.25) is 5.65 Å². The molecule has 16 heavy (non-hydrogen) atoms. The van der Waals surface area contributed by atoms with Crippen molar-refractivity contribution in [3.63, 3.8) is 0 Å². The van der Waals surface area contributed by atoms with Gasteiger partial charge in [0, 0.05) is 6.54 Å². The van der Waals surface area contributed by atoms with E-state index in [1.54, 1.807) is 21.6 Å². The SMILES string of the molecule is O=c1c2ncc(I)n2ncn1CC1CCC1. The van der Waals surface area contributed by atoms with Crippen molar-refractivity contribution < 1.29 is 0 Å². The fraction of sp³-hybridized carbons (Fsp3) is 0.500. The molecule has 6 heteroatoms. The van der Waals surface area contributed by atoms with E-state index in [9.17, 15) is 4.79 Å². The maximum Gasteiger partial charge on any atom is 0.296 e. The standard InChI is InChI=1S/C10H11IN4O/c11-8-4-12-9-10(16)14(6-13-15(8)9)5-7-2-1-3-7/h4,6-7H,1-3,5H2. The Bertz CT molecular complexity index is 584. The summed E-state index contributed by atoms with van der Waals surface area (Å²) in [6, 6.07) is 0. The van der Waals surface area contributed by atoms with E-state index in [1.165, 1.54) is 19.3 Å². The van der Waals surface area contributed by atoms with Gasteiger partial charge in [0.15, 0.2) is 0 Å². The van der Waals surface area contributed by atoms with Gasteiger partial charge in [-0.25, -0.2) is 9.50 Å². The zero-order valence-electron chi connectivity index (χ0n) is 8.64. The van der Waals surface area contributed by atoms with Crippen molar-refractivity contribution in [3.05, 3.63) is 26.6 Å². The van der Waals surface area contributed by atoms with E-state index in [2.05, 4.69) is 32.7 Å². The van der Waals surface area contributed by atoms with Crippen molar-refractivity contribution in [2.75, 3.05) is 0 Å². The molecule has 0 aliphatic heterocycles. The number of nitrogens with zero attached hydrogens (tertiary/aromatic N) is 4. The molecule has 5 nitrogen and oxygen atoms in total. The molecule has 0 aromatic carbocycles. The molecular weight excluding hydrogens is 319 g/mol. The number of halogens is 1. The summed E-state index contributed by atoms with van der Waals surface area (Å²) in [6.07, 6.45) is 7.03. The Hall–Kier alpha value is -0.920. The van der Waals surface area contributed by atoms with Crippen LogP contribution < -0.4 is 5.56 Å². The Morgan fingerprint density at radius 2 is 2.31 bits per heavy atom. The smallest absolute Gasteiger partial charge is 0.294 e.